The topological polar surface area (TPSA) is 56.8 Å². The molecule has 0 aromatic carbocycles. The van der Waals surface area contributed by atoms with Gasteiger partial charge in [-0.2, -0.15) is 0 Å². The summed E-state index contributed by atoms with van der Waals surface area (Å²) in [6.45, 7) is 4.49. The molecule has 15 heavy (non-hydrogen) atoms. The van der Waals surface area contributed by atoms with Gasteiger partial charge in [-0.05, 0) is 25.1 Å². The molecule has 0 aliphatic heterocycles. The first kappa shape index (κ1) is 12.2. The number of rotatable bonds is 7. The van der Waals surface area contributed by atoms with E-state index in [0.717, 1.165) is 18.7 Å². The molecule has 0 spiro atoms. The molecule has 0 unspecified atom stereocenters. The molecule has 0 aliphatic rings. The lowest BCUT2D eigenvalue weighted by Crippen LogP contribution is -2.27. The maximum atomic E-state index is 8.88. The summed E-state index contributed by atoms with van der Waals surface area (Å²) >= 11 is 0. The Hall–Kier alpha value is -0.840. The van der Waals surface area contributed by atoms with Crippen molar-refractivity contribution in [1.82, 2.24) is 4.90 Å². The first-order chi connectivity index (χ1) is 7.30. The van der Waals surface area contributed by atoms with Crippen molar-refractivity contribution in [2.75, 3.05) is 19.7 Å². The summed E-state index contributed by atoms with van der Waals surface area (Å²) in [7, 11) is 0. The second-order valence-electron chi connectivity index (χ2n) is 3.53. The second-order valence-corrected chi connectivity index (χ2v) is 3.53. The van der Waals surface area contributed by atoms with Crippen LogP contribution >= 0.6 is 0 Å². The summed E-state index contributed by atoms with van der Waals surface area (Å²) < 4.78 is 5.38. The van der Waals surface area contributed by atoms with Crippen molar-refractivity contribution >= 4 is 0 Å². The molecule has 0 fully saturated rings. The van der Waals surface area contributed by atoms with Gasteiger partial charge >= 0.3 is 0 Å². The van der Waals surface area contributed by atoms with E-state index in [-0.39, 0.29) is 13.2 Å². The van der Waals surface area contributed by atoms with Gasteiger partial charge in [-0.1, -0.05) is 6.92 Å². The van der Waals surface area contributed by atoms with Crippen LogP contribution < -0.4 is 0 Å². The number of hydrogen-bond donors (Lipinski definition) is 2. The second kappa shape index (κ2) is 6.61. The largest absolute Gasteiger partial charge is 0.462 e. The molecule has 86 valence electrons. The average Bonchev–Trinajstić information content (AvgIpc) is 2.66. The van der Waals surface area contributed by atoms with E-state index in [1.165, 1.54) is 0 Å². The van der Waals surface area contributed by atoms with E-state index in [1.807, 2.05) is 6.07 Å². The normalized spacial score (nSPS) is 11.2. The fourth-order valence-corrected chi connectivity index (χ4v) is 1.54. The molecule has 0 bridgehead atoms. The van der Waals surface area contributed by atoms with Gasteiger partial charge in [-0.15, -0.1) is 0 Å². The molecule has 4 heteroatoms. The average molecular weight is 213 g/mol. The van der Waals surface area contributed by atoms with Crippen LogP contribution in [0.15, 0.2) is 16.5 Å². The Bertz CT molecular complexity index is 267. The minimum atomic E-state index is -0.0617. The van der Waals surface area contributed by atoms with Crippen molar-refractivity contribution < 1.29 is 14.6 Å². The van der Waals surface area contributed by atoms with E-state index in [2.05, 4.69) is 11.8 Å². The minimum Gasteiger partial charge on any atom is -0.462 e. The van der Waals surface area contributed by atoms with E-state index in [1.54, 1.807) is 6.07 Å². The summed E-state index contributed by atoms with van der Waals surface area (Å²) in [5.41, 5.74) is 0. The Morgan fingerprint density at radius 2 is 1.93 bits per heavy atom. The third-order valence-corrected chi connectivity index (χ3v) is 2.21. The third-order valence-electron chi connectivity index (χ3n) is 2.21. The predicted octanol–water partition coefficient (Wildman–Crippen LogP) is 0.976. The zero-order valence-corrected chi connectivity index (χ0v) is 9.15. The van der Waals surface area contributed by atoms with Gasteiger partial charge in [-0.3, -0.25) is 4.90 Å². The Balaban J connectivity index is 2.48. The highest BCUT2D eigenvalue weighted by Crippen LogP contribution is 2.10. The van der Waals surface area contributed by atoms with Crippen molar-refractivity contribution in [3.05, 3.63) is 23.7 Å². The van der Waals surface area contributed by atoms with Crippen LogP contribution in [0.1, 0.15) is 24.9 Å². The third kappa shape index (κ3) is 4.03. The van der Waals surface area contributed by atoms with Crippen molar-refractivity contribution in [2.45, 2.75) is 26.5 Å². The highest BCUT2D eigenvalue weighted by Gasteiger charge is 2.07. The van der Waals surface area contributed by atoms with E-state index in [4.69, 9.17) is 14.6 Å². The molecular formula is C11H19NO3. The van der Waals surface area contributed by atoms with Gasteiger partial charge in [0.05, 0.1) is 13.2 Å². The molecule has 0 saturated heterocycles. The Morgan fingerprint density at radius 3 is 2.47 bits per heavy atom. The quantitative estimate of drug-likeness (QED) is 0.709. The molecule has 0 amide bonds. The van der Waals surface area contributed by atoms with Gasteiger partial charge < -0.3 is 14.6 Å². The predicted molar refractivity (Wildman–Crippen MR) is 57.3 cm³/mol. The van der Waals surface area contributed by atoms with Crippen LogP contribution in [0.3, 0.4) is 0 Å². The molecule has 0 saturated carbocycles. The van der Waals surface area contributed by atoms with Gasteiger partial charge in [0, 0.05) is 6.54 Å². The molecule has 1 aromatic heterocycles. The van der Waals surface area contributed by atoms with Gasteiger partial charge in [-0.25, -0.2) is 0 Å². The standard InChI is InChI=1S/C11H19NO3/c1-2-5-12(6-7-13)8-10-3-4-11(9-14)15-10/h3-4,13-14H,2,5-9H2,1H3. The molecule has 0 atom stereocenters. The molecule has 1 rings (SSSR count). The van der Waals surface area contributed by atoms with Crippen LogP contribution in [0.4, 0.5) is 0 Å². The van der Waals surface area contributed by atoms with Crippen molar-refractivity contribution in [2.24, 2.45) is 0 Å². The summed E-state index contributed by atoms with van der Waals surface area (Å²) in [5, 5.41) is 17.7. The van der Waals surface area contributed by atoms with Crippen LogP contribution in [0.25, 0.3) is 0 Å². The maximum absolute atomic E-state index is 8.88. The van der Waals surface area contributed by atoms with Gasteiger partial charge in [0.2, 0.25) is 0 Å². The lowest BCUT2D eigenvalue weighted by atomic mass is 10.3. The van der Waals surface area contributed by atoms with Crippen LogP contribution in [0.5, 0.6) is 0 Å². The fourth-order valence-electron chi connectivity index (χ4n) is 1.54. The monoisotopic (exact) mass is 213 g/mol. The van der Waals surface area contributed by atoms with Crippen LogP contribution in [-0.4, -0.2) is 34.8 Å². The molecule has 1 aromatic rings. The lowest BCUT2D eigenvalue weighted by molar-refractivity contribution is 0.176. The molecule has 2 N–H and O–H groups in total. The smallest absolute Gasteiger partial charge is 0.129 e. The Kier molecular flexibility index (Phi) is 5.39. The molecule has 1 heterocycles. The maximum Gasteiger partial charge on any atom is 0.129 e. The summed E-state index contributed by atoms with van der Waals surface area (Å²) in [4.78, 5) is 2.12. The zero-order valence-electron chi connectivity index (χ0n) is 9.15. The fraction of sp³-hybridized carbons (Fsp3) is 0.636. The SMILES string of the molecule is CCCN(CCO)Cc1ccc(CO)o1. The highest BCUT2D eigenvalue weighted by molar-refractivity contribution is 5.06. The van der Waals surface area contributed by atoms with Gasteiger partial charge in [0.25, 0.3) is 0 Å². The van der Waals surface area contributed by atoms with E-state index in [9.17, 15) is 0 Å². The molecular weight excluding hydrogens is 194 g/mol. The first-order valence-corrected chi connectivity index (χ1v) is 5.31. The molecule has 4 nitrogen and oxygen atoms in total. The lowest BCUT2D eigenvalue weighted by Gasteiger charge is -2.18. The van der Waals surface area contributed by atoms with E-state index in [0.29, 0.717) is 18.8 Å². The molecule has 0 aliphatic carbocycles. The summed E-state index contributed by atoms with van der Waals surface area (Å²) in [6, 6.07) is 3.64. The van der Waals surface area contributed by atoms with Crippen LogP contribution in [0, 0.1) is 0 Å². The first-order valence-electron chi connectivity index (χ1n) is 5.31. The number of nitrogens with zero attached hydrogens (tertiary/aromatic N) is 1. The zero-order chi connectivity index (χ0) is 11.1. The van der Waals surface area contributed by atoms with E-state index < -0.39 is 0 Å². The number of furan rings is 1. The number of hydrogen-bond acceptors (Lipinski definition) is 4. The van der Waals surface area contributed by atoms with Crippen molar-refractivity contribution in [3.63, 3.8) is 0 Å². The van der Waals surface area contributed by atoms with Crippen molar-refractivity contribution in [3.8, 4) is 0 Å². The van der Waals surface area contributed by atoms with Crippen molar-refractivity contribution in [1.29, 1.82) is 0 Å². The number of aliphatic hydroxyl groups excluding tert-OH is 2. The number of aliphatic hydroxyl groups is 2. The highest BCUT2D eigenvalue weighted by atomic mass is 16.4. The van der Waals surface area contributed by atoms with Gasteiger partial charge in [0.1, 0.15) is 18.1 Å². The summed E-state index contributed by atoms with van der Waals surface area (Å²) in [5.74, 6) is 1.42. The Morgan fingerprint density at radius 1 is 1.20 bits per heavy atom. The van der Waals surface area contributed by atoms with Crippen LogP contribution in [-0.2, 0) is 13.2 Å². The minimum absolute atomic E-state index is 0.0617. The van der Waals surface area contributed by atoms with E-state index >= 15 is 0 Å². The summed E-state index contributed by atoms with van der Waals surface area (Å²) in [6.07, 6.45) is 1.05. The molecule has 0 radical (unpaired) electrons. The van der Waals surface area contributed by atoms with Crippen LogP contribution in [0.2, 0.25) is 0 Å². The van der Waals surface area contributed by atoms with Gasteiger partial charge in [0.15, 0.2) is 0 Å². The Labute approximate surface area is 90.1 Å².